The largest absolute Gasteiger partial charge is 0.411 e. The summed E-state index contributed by atoms with van der Waals surface area (Å²) in [6.07, 6.45) is -0.0897. The Balaban J connectivity index is 2.27. The van der Waals surface area contributed by atoms with Gasteiger partial charge in [-0.15, -0.1) is 0 Å². The van der Waals surface area contributed by atoms with Gasteiger partial charge in [-0.1, -0.05) is 0 Å². The van der Waals surface area contributed by atoms with Crippen molar-refractivity contribution in [3.8, 4) is 0 Å². The number of nitrogens with two attached hydrogens (primary N) is 1. The lowest BCUT2D eigenvalue weighted by Crippen LogP contribution is -2.18. The molecular weight excluding hydrogens is 235 g/mol. The molecular formula is C10H14F3N3O. The summed E-state index contributed by atoms with van der Waals surface area (Å²) in [4.78, 5) is 8.01. The lowest BCUT2D eigenvalue weighted by molar-refractivity contribution is -0.173. The van der Waals surface area contributed by atoms with Crippen molar-refractivity contribution in [2.45, 2.75) is 19.0 Å². The molecule has 17 heavy (non-hydrogen) atoms. The smallest absolute Gasteiger partial charge is 0.372 e. The molecule has 0 bridgehead atoms. The topological polar surface area (TPSA) is 61.0 Å². The summed E-state index contributed by atoms with van der Waals surface area (Å²) in [7, 11) is 0. The minimum atomic E-state index is -4.29. The third-order valence-electron chi connectivity index (χ3n) is 1.93. The van der Waals surface area contributed by atoms with Crippen molar-refractivity contribution in [3.63, 3.8) is 0 Å². The number of hydrogen-bond acceptors (Lipinski definition) is 4. The maximum absolute atomic E-state index is 11.8. The van der Waals surface area contributed by atoms with Crippen LogP contribution in [0.4, 0.5) is 13.2 Å². The minimum Gasteiger partial charge on any atom is -0.372 e. The van der Waals surface area contributed by atoms with E-state index in [0.717, 1.165) is 5.56 Å². The third kappa shape index (κ3) is 6.18. The zero-order valence-electron chi connectivity index (χ0n) is 9.20. The molecule has 0 saturated carbocycles. The molecule has 1 rings (SSSR count). The quantitative estimate of drug-likeness (QED) is 0.767. The second-order valence-corrected chi connectivity index (χ2v) is 3.46. The van der Waals surface area contributed by atoms with Gasteiger partial charge in [-0.05, 0) is 18.5 Å². The van der Waals surface area contributed by atoms with Crippen molar-refractivity contribution in [1.82, 2.24) is 9.97 Å². The van der Waals surface area contributed by atoms with E-state index in [0.29, 0.717) is 18.8 Å². The predicted octanol–water partition coefficient (Wildman–Crippen LogP) is 1.10. The van der Waals surface area contributed by atoms with Crippen LogP contribution >= 0.6 is 0 Å². The van der Waals surface area contributed by atoms with Crippen molar-refractivity contribution in [1.29, 1.82) is 0 Å². The summed E-state index contributed by atoms with van der Waals surface area (Å²) < 4.78 is 39.7. The molecule has 0 aliphatic rings. The fourth-order valence-electron chi connectivity index (χ4n) is 1.16. The Kier molecular flexibility index (Phi) is 5.30. The number of nitrogens with zero attached hydrogens (tertiary/aromatic N) is 2. The molecule has 0 aliphatic heterocycles. The average molecular weight is 249 g/mol. The molecule has 0 atom stereocenters. The molecule has 0 aliphatic carbocycles. The van der Waals surface area contributed by atoms with Crippen LogP contribution in [0.15, 0.2) is 12.4 Å². The van der Waals surface area contributed by atoms with Gasteiger partial charge in [0.25, 0.3) is 0 Å². The first-order chi connectivity index (χ1) is 8.01. The number of hydrogen-bond donors (Lipinski definition) is 1. The van der Waals surface area contributed by atoms with E-state index in [-0.39, 0.29) is 13.0 Å². The van der Waals surface area contributed by atoms with Crippen molar-refractivity contribution < 1.29 is 17.9 Å². The lowest BCUT2D eigenvalue weighted by atomic mass is 10.2. The highest BCUT2D eigenvalue weighted by atomic mass is 19.4. The summed E-state index contributed by atoms with van der Waals surface area (Å²) in [6, 6.07) is 0. The van der Waals surface area contributed by atoms with Crippen LogP contribution in [0, 0.1) is 0 Å². The van der Waals surface area contributed by atoms with Gasteiger partial charge in [0.1, 0.15) is 12.4 Å². The van der Waals surface area contributed by atoms with Crippen molar-refractivity contribution >= 4 is 0 Å². The Morgan fingerprint density at radius 3 is 2.35 bits per heavy atom. The average Bonchev–Trinajstić information content (AvgIpc) is 2.26. The first kappa shape index (κ1) is 13.9. The Morgan fingerprint density at radius 2 is 1.82 bits per heavy atom. The Morgan fingerprint density at radius 1 is 1.18 bits per heavy atom. The van der Waals surface area contributed by atoms with Crippen molar-refractivity contribution in [3.05, 3.63) is 23.8 Å². The van der Waals surface area contributed by atoms with Crippen LogP contribution < -0.4 is 5.73 Å². The molecule has 2 N–H and O–H groups in total. The first-order valence-corrected chi connectivity index (χ1v) is 5.15. The Labute approximate surface area is 97.0 Å². The molecule has 0 unspecified atom stereocenters. The number of aromatic nitrogens is 2. The number of alkyl halides is 3. The van der Waals surface area contributed by atoms with Gasteiger partial charge in [0.05, 0.1) is 6.61 Å². The minimum absolute atomic E-state index is 0.0459. The van der Waals surface area contributed by atoms with Gasteiger partial charge in [0.15, 0.2) is 0 Å². The van der Waals surface area contributed by atoms with Gasteiger partial charge in [-0.2, -0.15) is 13.2 Å². The van der Waals surface area contributed by atoms with E-state index in [1.807, 2.05) is 0 Å². The van der Waals surface area contributed by atoms with Crippen LogP contribution in [-0.4, -0.2) is 35.9 Å². The Bertz CT molecular complexity index is 327. The van der Waals surface area contributed by atoms with Gasteiger partial charge in [0, 0.05) is 18.8 Å². The molecule has 0 radical (unpaired) electrons. The summed E-state index contributed by atoms with van der Waals surface area (Å²) in [5.41, 5.74) is 6.27. The van der Waals surface area contributed by atoms with Gasteiger partial charge in [-0.3, -0.25) is 0 Å². The fourth-order valence-corrected chi connectivity index (χ4v) is 1.16. The summed E-state index contributed by atoms with van der Waals surface area (Å²) in [5, 5.41) is 0. The molecule has 0 fully saturated rings. The molecule has 0 aromatic carbocycles. The first-order valence-electron chi connectivity index (χ1n) is 5.15. The van der Waals surface area contributed by atoms with Crippen LogP contribution in [0.25, 0.3) is 0 Å². The van der Waals surface area contributed by atoms with E-state index in [1.54, 1.807) is 12.4 Å². The lowest BCUT2D eigenvalue weighted by Gasteiger charge is -2.07. The molecule has 4 nitrogen and oxygen atoms in total. The van der Waals surface area contributed by atoms with Gasteiger partial charge in [0.2, 0.25) is 0 Å². The number of ether oxygens (including phenoxy) is 1. The molecule has 0 saturated heterocycles. The van der Waals surface area contributed by atoms with Crippen LogP contribution in [0.1, 0.15) is 11.4 Å². The van der Waals surface area contributed by atoms with E-state index in [4.69, 9.17) is 5.73 Å². The van der Waals surface area contributed by atoms with Crippen LogP contribution in [-0.2, 0) is 17.6 Å². The van der Waals surface area contributed by atoms with E-state index < -0.39 is 12.8 Å². The second-order valence-electron chi connectivity index (χ2n) is 3.46. The summed E-state index contributed by atoms with van der Waals surface area (Å²) >= 11 is 0. The van der Waals surface area contributed by atoms with Crippen LogP contribution in [0.2, 0.25) is 0 Å². The maximum Gasteiger partial charge on any atom is 0.411 e. The van der Waals surface area contributed by atoms with Gasteiger partial charge >= 0.3 is 6.18 Å². The van der Waals surface area contributed by atoms with Crippen molar-refractivity contribution in [2.24, 2.45) is 5.73 Å². The highest BCUT2D eigenvalue weighted by molar-refractivity contribution is 5.05. The molecule has 1 aromatic rings. The van der Waals surface area contributed by atoms with E-state index in [9.17, 15) is 13.2 Å². The summed E-state index contributed by atoms with van der Waals surface area (Å²) in [6.45, 7) is -0.772. The highest BCUT2D eigenvalue weighted by Gasteiger charge is 2.27. The van der Waals surface area contributed by atoms with Crippen molar-refractivity contribution in [2.75, 3.05) is 19.8 Å². The standard InChI is InChI=1S/C10H14F3N3O/c11-10(12,13)7-17-4-2-9-15-5-8(1-3-14)6-16-9/h5-6H,1-4,7,14H2. The van der Waals surface area contributed by atoms with Crippen LogP contribution in [0.5, 0.6) is 0 Å². The molecule has 96 valence electrons. The summed E-state index contributed by atoms with van der Waals surface area (Å²) in [5.74, 6) is 0.466. The van der Waals surface area contributed by atoms with Crippen LogP contribution in [0.3, 0.4) is 0 Å². The monoisotopic (exact) mass is 249 g/mol. The molecule has 0 amide bonds. The molecule has 7 heteroatoms. The zero-order chi connectivity index (χ0) is 12.7. The number of rotatable bonds is 6. The fraction of sp³-hybridized carbons (Fsp3) is 0.600. The molecule has 0 spiro atoms. The number of halogens is 3. The molecule has 1 heterocycles. The highest BCUT2D eigenvalue weighted by Crippen LogP contribution is 2.14. The zero-order valence-corrected chi connectivity index (χ0v) is 9.20. The third-order valence-corrected chi connectivity index (χ3v) is 1.93. The second kappa shape index (κ2) is 6.51. The SMILES string of the molecule is NCCc1cnc(CCOCC(F)(F)F)nc1. The predicted molar refractivity (Wildman–Crippen MR) is 55.4 cm³/mol. The van der Waals surface area contributed by atoms with E-state index in [1.165, 1.54) is 0 Å². The molecule has 1 aromatic heterocycles. The maximum atomic E-state index is 11.8. The Hall–Kier alpha value is -1.21. The van der Waals surface area contributed by atoms with E-state index >= 15 is 0 Å². The van der Waals surface area contributed by atoms with Gasteiger partial charge < -0.3 is 10.5 Å². The normalized spacial score (nSPS) is 11.8. The van der Waals surface area contributed by atoms with Gasteiger partial charge in [-0.25, -0.2) is 9.97 Å². The van der Waals surface area contributed by atoms with E-state index in [2.05, 4.69) is 14.7 Å².